The Morgan fingerprint density at radius 1 is 1.38 bits per heavy atom. The molecule has 0 saturated heterocycles. The smallest absolute Gasteiger partial charge is 0.253 e. The van der Waals surface area contributed by atoms with Gasteiger partial charge >= 0.3 is 0 Å². The molecule has 96 valence electrons. The predicted octanol–water partition coefficient (Wildman–Crippen LogP) is 0.0911. The van der Waals surface area contributed by atoms with Crippen molar-refractivity contribution in [2.45, 2.75) is 20.0 Å². The van der Waals surface area contributed by atoms with Crippen LogP contribution in [0.25, 0.3) is 0 Å². The summed E-state index contributed by atoms with van der Waals surface area (Å²) in [7, 11) is 3.12. The minimum absolute atomic E-state index is 0.0595. The predicted molar refractivity (Wildman–Crippen MR) is 63.1 cm³/mol. The van der Waals surface area contributed by atoms with Crippen molar-refractivity contribution in [3.8, 4) is 0 Å². The van der Waals surface area contributed by atoms with Crippen LogP contribution in [0.4, 0.5) is 0 Å². The van der Waals surface area contributed by atoms with E-state index >= 15 is 0 Å². The molecule has 0 saturated carbocycles. The Kier molecular flexibility index (Phi) is 8.15. The Morgan fingerprint density at radius 2 is 2.00 bits per heavy atom. The maximum atomic E-state index is 12.0. The Bertz CT molecular complexity index is 194. The molecule has 1 amide bonds. The van der Waals surface area contributed by atoms with Crippen LogP contribution in [0.5, 0.6) is 0 Å². The third kappa shape index (κ3) is 5.44. The Balaban J connectivity index is 4.40. The van der Waals surface area contributed by atoms with Gasteiger partial charge in [0.2, 0.25) is 0 Å². The van der Waals surface area contributed by atoms with E-state index in [1.807, 2.05) is 0 Å². The van der Waals surface area contributed by atoms with E-state index in [0.717, 1.165) is 0 Å². The lowest BCUT2D eigenvalue weighted by Gasteiger charge is -2.27. The molecule has 0 aromatic heterocycles. The van der Waals surface area contributed by atoms with E-state index in [0.29, 0.717) is 25.6 Å². The van der Waals surface area contributed by atoms with Gasteiger partial charge in [-0.1, -0.05) is 13.8 Å². The van der Waals surface area contributed by atoms with Gasteiger partial charge in [0.15, 0.2) is 0 Å². The molecular weight excluding hydrogens is 208 g/mol. The molecule has 0 aliphatic rings. The first kappa shape index (κ1) is 15.3. The van der Waals surface area contributed by atoms with Crippen LogP contribution in [0.1, 0.15) is 13.8 Å². The molecule has 0 aliphatic heterocycles. The summed E-state index contributed by atoms with van der Waals surface area (Å²) < 4.78 is 10.0. The molecule has 0 aromatic carbocycles. The van der Waals surface area contributed by atoms with Crippen molar-refractivity contribution in [1.29, 1.82) is 0 Å². The monoisotopic (exact) mass is 232 g/mol. The van der Waals surface area contributed by atoms with Crippen molar-refractivity contribution in [3.63, 3.8) is 0 Å². The van der Waals surface area contributed by atoms with Crippen molar-refractivity contribution in [2.24, 2.45) is 11.7 Å². The number of rotatable bonds is 8. The normalized spacial score (nSPS) is 12.9. The molecule has 0 heterocycles. The van der Waals surface area contributed by atoms with Gasteiger partial charge in [-0.05, 0) is 5.92 Å². The molecule has 0 aromatic rings. The van der Waals surface area contributed by atoms with Crippen molar-refractivity contribution < 1.29 is 14.3 Å². The fourth-order valence-electron chi connectivity index (χ4n) is 1.44. The van der Waals surface area contributed by atoms with E-state index < -0.39 is 6.10 Å². The lowest BCUT2D eigenvalue weighted by atomic mass is 10.2. The number of ether oxygens (including phenoxy) is 2. The maximum Gasteiger partial charge on any atom is 0.253 e. The highest BCUT2D eigenvalue weighted by molar-refractivity contribution is 5.81. The molecule has 1 unspecified atom stereocenters. The highest BCUT2D eigenvalue weighted by Crippen LogP contribution is 2.03. The third-order valence-corrected chi connectivity index (χ3v) is 2.24. The van der Waals surface area contributed by atoms with Gasteiger partial charge in [-0.2, -0.15) is 0 Å². The molecule has 0 rings (SSSR count). The average Bonchev–Trinajstić information content (AvgIpc) is 2.25. The quantitative estimate of drug-likeness (QED) is 0.644. The first-order valence-corrected chi connectivity index (χ1v) is 5.57. The van der Waals surface area contributed by atoms with Gasteiger partial charge in [-0.3, -0.25) is 4.79 Å². The fourth-order valence-corrected chi connectivity index (χ4v) is 1.44. The first-order valence-electron chi connectivity index (χ1n) is 5.57. The molecule has 0 bridgehead atoms. The van der Waals surface area contributed by atoms with Crippen LogP contribution in [-0.4, -0.2) is 57.4 Å². The van der Waals surface area contributed by atoms with E-state index in [1.165, 1.54) is 7.11 Å². The summed E-state index contributed by atoms with van der Waals surface area (Å²) in [6.45, 7) is 6.14. The lowest BCUT2D eigenvalue weighted by Crippen LogP contribution is -2.46. The Morgan fingerprint density at radius 3 is 2.38 bits per heavy atom. The molecule has 16 heavy (non-hydrogen) atoms. The highest BCUT2D eigenvalue weighted by Gasteiger charge is 2.23. The minimum Gasteiger partial charge on any atom is -0.383 e. The Hall–Kier alpha value is -0.650. The number of nitrogens with zero attached hydrogens (tertiary/aromatic N) is 1. The van der Waals surface area contributed by atoms with Gasteiger partial charge in [0.05, 0.1) is 6.61 Å². The van der Waals surface area contributed by atoms with Crippen LogP contribution in [0.3, 0.4) is 0 Å². The van der Waals surface area contributed by atoms with Crippen molar-refractivity contribution in [3.05, 3.63) is 0 Å². The van der Waals surface area contributed by atoms with E-state index in [1.54, 1.807) is 12.0 Å². The van der Waals surface area contributed by atoms with Gasteiger partial charge in [0.1, 0.15) is 6.10 Å². The second-order valence-electron chi connectivity index (χ2n) is 4.13. The molecule has 1 atom stereocenters. The zero-order valence-electron chi connectivity index (χ0n) is 10.7. The summed E-state index contributed by atoms with van der Waals surface area (Å²) in [6.07, 6.45) is -0.546. The van der Waals surface area contributed by atoms with Crippen molar-refractivity contribution in [1.82, 2.24) is 4.90 Å². The Labute approximate surface area is 97.9 Å². The molecule has 5 heteroatoms. The van der Waals surface area contributed by atoms with Gasteiger partial charge in [-0.15, -0.1) is 0 Å². The largest absolute Gasteiger partial charge is 0.383 e. The molecular formula is C11H24N2O3. The number of methoxy groups -OCH3 is 2. The van der Waals surface area contributed by atoms with Crippen molar-refractivity contribution in [2.75, 3.05) is 40.5 Å². The number of hydrogen-bond acceptors (Lipinski definition) is 4. The third-order valence-electron chi connectivity index (χ3n) is 2.24. The van der Waals surface area contributed by atoms with Gasteiger partial charge in [0.25, 0.3) is 5.91 Å². The highest BCUT2D eigenvalue weighted by atomic mass is 16.5. The van der Waals surface area contributed by atoms with Gasteiger partial charge in [-0.25, -0.2) is 0 Å². The van der Waals surface area contributed by atoms with Crippen LogP contribution < -0.4 is 5.73 Å². The van der Waals surface area contributed by atoms with E-state index in [4.69, 9.17) is 15.2 Å². The summed E-state index contributed by atoms with van der Waals surface area (Å²) in [4.78, 5) is 13.8. The van der Waals surface area contributed by atoms with Crippen LogP contribution >= 0.6 is 0 Å². The van der Waals surface area contributed by atoms with Crippen LogP contribution in [-0.2, 0) is 14.3 Å². The average molecular weight is 232 g/mol. The molecule has 0 radical (unpaired) electrons. The van der Waals surface area contributed by atoms with Crippen LogP contribution in [0, 0.1) is 5.92 Å². The molecule has 0 spiro atoms. The second-order valence-corrected chi connectivity index (χ2v) is 4.13. The zero-order valence-corrected chi connectivity index (χ0v) is 10.7. The van der Waals surface area contributed by atoms with Gasteiger partial charge < -0.3 is 20.1 Å². The summed E-state index contributed by atoms with van der Waals surface area (Å²) in [6, 6.07) is 0. The fraction of sp³-hybridized carbons (Fsp3) is 0.909. The van der Waals surface area contributed by atoms with Crippen LogP contribution in [0.2, 0.25) is 0 Å². The second kappa shape index (κ2) is 8.50. The molecule has 5 nitrogen and oxygen atoms in total. The SMILES string of the molecule is COCCN(CC(C)C)C(=O)C(CN)OC. The number of nitrogens with two attached hydrogens (primary N) is 1. The molecule has 0 aliphatic carbocycles. The molecule has 2 N–H and O–H groups in total. The first-order chi connectivity index (χ1) is 7.56. The lowest BCUT2D eigenvalue weighted by molar-refractivity contribution is -0.142. The van der Waals surface area contributed by atoms with E-state index in [-0.39, 0.29) is 12.5 Å². The summed E-state index contributed by atoms with van der Waals surface area (Å²) >= 11 is 0. The van der Waals surface area contributed by atoms with Crippen LogP contribution in [0.15, 0.2) is 0 Å². The van der Waals surface area contributed by atoms with E-state index in [9.17, 15) is 4.79 Å². The standard InChI is InChI=1S/C11H24N2O3/c1-9(2)8-13(5-6-15-3)11(14)10(7-12)16-4/h9-10H,5-8,12H2,1-4H3. The number of carbonyl (C=O) groups is 1. The maximum absolute atomic E-state index is 12.0. The van der Waals surface area contributed by atoms with E-state index in [2.05, 4.69) is 13.8 Å². The van der Waals surface area contributed by atoms with Crippen molar-refractivity contribution >= 4 is 5.91 Å². The number of hydrogen-bond donors (Lipinski definition) is 1. The number of amides is 1. The van der Waals surface area contributed by atoms with Gasteiger partial charge in [0, 0.05) is 33.9 Å². The molecule has 0 fully saturated rings. The summed E-state index contributed by atoms with van der Waals surface area (Å²) in [5.74, 6) is 0.354. The number of carbonyl (C=O) groups excluding carboxylic acids is 1. The summed E-state index contributed by atoms with van der Waals surface area (Å²) in [5, 5.41) is 0. The summed E-state index contributed by atoms with van der Waals surface area (Å²) in [5.41, 5.74) is 5.48. The topological polar surface area (TPSA) is 64.8 Å². The minimum atomic E-state index is -0.546. The zero-order chi connectivity index (χ0) is 12.6.